The first kappa shape index (κ1) is 23.2. The topological polar surface area (TPSA) is 59.0 Å². The Labute approximate surface area is 181 Å². The van der Waals surface area contributed by atoms with E-state index in [9.17, 15) is 18.0 Å². The summed E-state index contributed by atoms with van der Waals surface area (Å²) in [6.45, 7) is 12.0. The van der Waals surface area contributed by atoms with Gasteiger partial charge in [-0.25, -0.2) is 4.68 Å². The van der Waals surface area contributed by atoms with Crippen LogP contribution in [0.15, 0.2) is 30.5 Å². The Kier molecular flexibility index (Phi) is 5.88. The van der Waals surface area contributed by atoms with Crippen molar-refractivity contribution in [3.63, 3.8) is 0 Å². The predicted molar refractivity (Wildman–Crippen MR) is 115 cm³/mol. The molecule has 2 N–H and O–H groups in total. The molecule has 0 fully saturated rings. The summed E-state index contributed by atoms with van der Waals surface area (Å²) in [5.74, 6) is -0.336. The van der Waals surface area contributed by atoms with E-state index in [0.29, 0.717) is 6.42 Å². The molecule has 0 saturated carbocycles. The van der Waals surface area contributed by atoms with Crippen LogP contribution in [0.2, 0.25) is 0 Å². The van der Waals surface area contributed by atoms with E-state index in [2.05, 4.69) is 36.5 Å². The van der Waals surface area contributed by atoms with Gasteiger partial charge in [0.25, 0.3) is 5.91 Å². The highest BCUT2D eigenvalue weighted by molar-refractivity contribution is 5.99. The Balaban J connectivity index is 1.94. The van der Waals surface area contributed by atoms with Crippen molar-refractivity contribution in [1.82, 2.24) is 15.1 Å². The molecule has 5 nitrogen and oxygen atoms in total. The molecule has 2 aromatic rings. The number of amides is 1. The van der Waals surface area contributed by atoms with Gasteiger partial charge in [0.2, 0.25) is 0 Å². The summed E-state index contributed by atoms with van der Waals surface area (Å²) in [5.41, 5.74) is 1.34. The van der Waals surface area contributed by atoms with Crippen molar-refractivity contribution >= 4 is 11.7 Å². The van der Waals surface area contributed by atoms with Gasteiger partial charge in [-0.05, 0) is 38.2 Å². The van der Waals surface area contributed by atoms with E-state index in [-0.39, 0.29) is 23.2 Å². The minimum atomic E-state index is -4.48. The number of nitrogens with one attached hydrogen (secondary N) is 2. The van der Waals surface area contributed by atoms with Gasteiger partial charge in [0, 0.05) is 12.0 Å². The van der Waals surface area contributed by atoms with Crippen molar-refractivity contribution in [3.8, 4) is 0 Å². The number of fused-ring (bicyclic) bond motifs is 1. The number of aryl methyl sites for hydroxylation is 1. The first-order valence-corrected chi connectivity index (χ1v) is 10.5. The van der Waals surface area contributed by atoms with E-state index < -0.39 is 29.7 Å². The average molecular weight is 437 g/mol. The van der Waals surface area contributed by atoms with Crippen LogP contribution in [0, 0.1) is 12.3 Å². The van der Waals surface area contributed by atoms with E-state index in [1.54, 1.807) is 0 Å². The maximum Gasteiger partial charge on any atom is 0.410 e. The molecule has 2 atom stereocenters. The fraction of sp³-hybridized carbons (Fsp3) is 0.565. The normalized spacial score (nSPS) is 19.5. The Morgan fingerprint density at radius 2 is 1.77 bits per heavy atom. The van der Waals surface area contributed by atoms with Gasteiger partial charge in [0.05, 0.1) is 12.2 Å². The number of aromatic nitrogens is 2. The van der Waals surface area contributed by atoms with E-state index in [1.165, 1.54) is 6.20 Å². The lowest BCUT2D eigenvalue weighted by Gasteiger charge is -2.35. The number of alkyl halides is 3. The van der Waals surface area contributed by atoms with Gasteiger partial charge in [-0.1, -0.05) is 50.6 Å². The Bertz CT molecular complexity index is 939. The summed E-state index contributed by atoms with van der Waals surface area (Å²) in [6, 6.07) is 4.99. The highest BCUT2D eigenvalue weighted by Crippen LogP contribution is 2.44. The Morgan fingerprint density at radius 3 is 2.32 bits per heavy atom. The quantitative estimate of drug-likeness (QED) is 0.637. The fourth-order valence-corrected chi connectivity index (χ4v) is 4.49. The largest absolute Gasteiger partial charge is 0.410 e. The average Bonchev–Trinajstić information content (AvgIpc) is 3.02. The zero-order chi connectivity index (χ0) is 23.2. The molecule has 0 saturated heterocycles. The number of nitrogens with zero attached hydrogens (tertiary/aromatic N) is 2. The number of halogens is 3. The summed E-state index contributed by atoms with van der Waals surface area (Å²) in [6.07, 6.45) is -2.75. The molecule has 0 spiro atoms. The van der Waals surface area contributed by atoms with E-state index in [1.807, 2.05) is 45.0 Å². The first-order valence-electron chi connectivity index (χ1n) is 10.5. The van der Waals surface area contributed by atoms with Crippen LogP contribution in [-0.4, -0.2) is 27.4 Å². The second-order valence-corrected chi connectivity index (χ2v) is 10.3. The minimum absolute atomic E-state index is 0.0224. The van der Waals surface area contributed by atoms with Crippen LogP contribution in [-0.2, 0) is 0 Å². The second kappa shape index (κ2) is 7.88. The third kappa shape index (κ3) is 5.40. The predicted octanol–water partition coefficient (Wildman–Crippen LogP) is 5.80. The lowest BCUT2D eigenvalue weighted by atomic mass is 9.81. The molecule has 0 unspecified atom stereocenters. The zero-order valence-electron chi connectivity index (χ0n) is 18.9. The molecule has 0 radical (unpaired) electrons. The SMILES string of the molecule is Cc1ccc([C@H]2C[C@H](C(F)(F)F)n3ncc(C(=O)NC(C)(C)CC(C)(C)C)c3N2)cc1. The van der Waals surface area contributed by atoms with Crippen LogP contribution in [0.1, 0.15) is 81.0 Å². The number of carbonyl (C=O) groups is 1. The molecule has 3 rings (SSSR count). The molecule has 0 aliphatic carbocycles. The van der Waals surface area contributed by atoms with Crippen molar-refractivity contribution in [1.29, 1.82) is 0 Å². The number of hydrogen-bond acceptors (Lipinski definition) is 3. The lowest BCUT2D eigenvalue weighted by molar-refractivity contribution is -0.173. The number of carbonyl (C=O) groups excluding carboxylic acids is 1. The van der Waals surface area contributed by atoms with Crippen LogP contribution < -0.4 is 10.6 Å². The second-order valence-electron chi connectivity index (χ2n) is 10.3. The molecule has 31 heavy (non-hydrogen) atoms. The van der Waals surface area contributed by atoms with Crippen molar-refractivity contribution in [2.75, 3.05) is 5.32 Å². The molecule has 0 bridgehead atoms. The molecule has 1 aliphatic rings. The van der Waals surface area contributed by atoms with E-state index >= 15 is 0 Å². The molecule has 170 valence electrons. The summed E-state index contributed by atoms with van der Waals surface area (Å²) in [5, 5.41) is 10.1. The Hall–Kier alpha value is -2.51. The first-order chi connectivity index (χ1) is 14.2. The van der Waals surface area contributed by atoms with Crippen molar-refractivity contribution in [2.24, 2.45) is 5.41 Å². The summed E-state index contributed by atoms with van der Waals surface area (Å²) in [4.78, 5) is 13.0. The van der Waals surface area contributed by atoms with Gasteiger partial charge in [-0.2, -0.15) is 18.3 Å². The van der Waals surface area contributed by atoms with Gasteiger partial charge in [-0.3, -0.25) is 4.79 Å². The lowest BCUT2D eigenvalue weighted by Crippen LogP contribution is -2.46. The number of benzene rings is 1. The summed E-state index contributed by atoms with van der Waals surface area (Å²) >= 11 is 0. The van der Waals surface area contributed by atoms with Crippen LogP contribution in [0.3, 0.4) is 0 Å². The number of hydrogen-bond donors (Lipinski definition) is 2. The summed E-state index contributed by atoms with van der Waals surface area (Å²) < 4.78 is 42.5. The molecular weight excluding hydrogens is 405 g/mol. The zero-order valence-corrected chi connectivity index (χ0v) is 18.9. The molecule has 1 aliphatic heterocycles. The van der Waals surface area contributed by atoms with E-state index in [0.717, 1.165) is 15.8 Å². The van der Waals surface area contributed by atoms with E-state index in [4.69, 9.17) is 0 Å². The van der Waals surface area contributed by atoms with Crippen LogP contribution >= 0.6 is 0 Å². The Morgan fingerprint density at radius 1 is 1.16 bits per heavy atom. The maximum atomic E-state index is 13.9. The minimum Gasteiger partial charge on any atom is -0.363 e. The van der Waals surface area contributed by atoms with Gasteiger partial charge in [0.1, 0.15) is 11.4 Å². The number of rotatable bonds is 4. The highest BCUT2D eigenvalue weighted by atomic mass is 19.4. The molecule has 8 heteroatoms. The smallest absolute Gasteiger partial charge is 0.363 e. The van der Waals surface area contributed by atoms with Crippen LogP contribution in [0.4, 0.5) is 19.0 Å². The van der Waals surface area contributed by atoms with Crippen LogP contribution in [0.5, 0.6) is 0 Å². The molecule has 1 aromatic heterocycles. The summed E-state index contributed by atoms with van der Waals surface area (Å²) in [7, 11) is 0. The third-order valence-corrected chi connectivity index (χ3v) is 5.39. The maximum absolute atomic E-state index is 13.9. The van der Waals surface area contributed by atoms with Gasteiger partial charge >= 0.3 is 6.18 Å². The van der Waals surface area contributed by atoms with Crippen LogP contribution in [0.25, 0.3) is 0 Å². The van der Waals surface area contributed by atoms with Crippen molar-refractivity contribution in [2.45, 2.75) is 78.2 Å². The standard InChI is InChI=1S/C23H31F3N4O/c1-14-7-9-15(10-8-14)17-11-18(23(24,25)26)30-19(28-17)16(12-27-30)20(31)29-22(5,6)13-21(2,3)4/h7-10,12,17-18,28H,11,13H2,1-6H3,(H,29,31)/t17-,18-/m1/s1. The monoisotopic (exact) mass is 436 g/mol. The van der Waals surface area contributed by atoms with Gasteiger partial charge in [0.15, 0.2) is 6.04 Å². The number of anilines is 1. The van der Waals surface area contributed by atoms with Crippen molar-refractivity contribution in [3.05, 3.63) is 47.2 Å². The molecule has 1 aromatic carbocycles. The van der Waals surface area contributed by atoms with Gasteiger partial charge < -0.3 is 10.6 Å². The molecule has 2 heterocycles. The highest BCUT2D eigenvalue weighted by Gasteiger charge is 2.47. The third-order valence-electron chi connectivity index (χ3n) is 5.39. The van der Waals surface area contributed by atoms with Crippen molar-refractivity contribution < 1.29 is 18.0 Å². The molecule has 1 amide bonds. The van der Waals surface area contributed by atoms with Gasteiger partial charge in [-0.15, -0.1) is 0 Å². The molecular formula is C23H31F3N4O. The fourth-order valence-electron chi connectivity index (χ4n) is 4.49.